The van der Waals surface area contributed by atoms with Crippen LogP contribution in [0.1, 0.15) is 22.5 Å². The SMILES string of the molecule is COOSc1ccc(-c2cc(COc3ccc(-c4ccc(OCCOCCOCCOCCOCCOCCOc5ccc(-c6ccc(OCc7cc(-c8ccc(SOOC)cc8)n(-c8ccc(F)cc8)c7C)cc6)cc5)cc4)cc3)c(C)n2-c2ccc(F)cc2)cc1. The van der Waals surface area contributed by atoms with Crippen LogP contribution < -0.4 is 18.9 Å². The second-order valence-corrected chi connectivity index (χ2v) is 22.6. The first kappa shape index (κ1) is 67.6. The summed E-state index contributed by atoms with van der Waals surface area (Å²) in [6.45, 7) is 10.1. The maximum absolute atomic E-state index is 13.9. The summed E-state index contributed by atoms with van der Waals surface area (Å²) in [5.74, 6) is 2.42. The van der Waals surface area contributed by atoms with Gasteiger partial charge in [0.15, 0.2) is 0 Å². The van der Waals surface area contributed by atoms with Crippen molar-refractivity contribution >= 4 is 24.1 Å². The van der Waals surface area contributed by atoms with E-state index in [0.717, 1.165) is 136 Å². The Bertz CT molecular complexity index is 3580. The predicted octanol–water partition coefficient (Wildman–Crippen LogP) is 16.7. The first-order valence-corrected chi connectivity index (χ1v) is 31.9. The minimum Gasteiger partial charge on any atom is -0.491 e. The van der Waals surface area contributed by atoms with Gasteiger partial charge in [-0.1, -0.05) is 72.8 Å². The molecule has 0 aliphatic heterocycles. The van der Waals surface area contributed by atoms with Crippen molar-refractivity contribution in [2.24, 2.45) is 0 Å². The molecule has 2 aromatic heterocycles. The first-order chi connectivity index (χ1) is 45.7. The normalized spacial score (nSPS) is 11.3. The molecule has 0 saturated heterocycles. The lowest BCUT2D eigenvalue weighted by atomic mass is 10.1. The third-order valence-electron chi connectivity index (χ3n) is 14.9. The maximum atomic E-state index is 13.9. The molecule has 0 N–H and O–H groups in total. The minimum absolute atomic E-state index is 0.290. The van der Waals surface area contributed by atoms with Gasteiger partial charge in [-0.2, -0.15) is 8.67 Å². The van der Waals surface area contributed by atoms with Crippen molar-refractivity contribution in [1.29, 1.82) is 0 Å². The molecule has 8 aromatic carbocycles. The topological polar surface area (TPSA) is 130 Å². The van der Waals surface area contributed by atoms with E-state index in [4.69, 9.17) is 61.1 Å². The Morgan fingerprint density at radius 3 is 0.871 bits per heavy atom. The molecule has 19 heteroatoms. The molecule has 0 atom stereocenters. The molecule has 0 saturated carbocycles. The fourth-order valence-electron chi connectivity index (χ4n) is 10.1. The lowest BCUT2D eigenvalue weighted by Crippen LogP contribution is -2.15. The number of benzene rings is 8. The van der Waals surface area contributed by atoms with Gasteiger partial charge >= 0.3 is 0 Å². The third-order valence-corrected chi connectivity index (χ3v) is 16.3. The minimum atomic E-state index is -0.290. The van der Waals surface area contributed by atoms with Gasteiger partial charge in [-0.25, -0.2) is 18.6 Å². The summed E-state index contributed by atoms with van der Waals surface area (Å²) in [7, 11) is 2.93. The Hall–Kier alpha value is -8.28. The van der Waals surface area contributed by atoms with E-state index in [-0.39, 0.29) is 11.6 Å². The number of hydrogen-bond donors (Lipinski definition) is 0. The van der Waals surface area contributed by atoms with E-state index in [9.17, 15) is 8.78 Å². The van der Waals surface area contributed by atoms with E-state index in [0.29, 0.717) is 92.5 Å². The molecule has 10 aromatic rings. The zero-order valence-electron chi connectivity index (χ0n) is 52.3. The molecule has 10 rings (SSSR count). The van der Waals surface area contributed by atoms with E-state index < -0.39 is 0 Å². The first-order valence-electron chi connectivity index (χ1n) is 30.4. The molecule has 0 amide bonds. The van der Waals surface area contributed by atoms with E-state index in [1.54, 1.807) is 24.3 Å². The fourth-order valence-corrected chi connectivity index (χ4v) is 10.9. The summed E-state index contributed by atoms with van der Waals surface area (Å²) in [6.07, 6.45) is 0. The molecule has 0 unspecified atom stereocenters. The van der Waals surface area contributed by atoms with Crippen molar-refractivity contribution in [2.75, 3.05) is 93.5 Å². The molecule has 0 fully saturated rings. The Balaban J connectivity index is 0.534. The quantitative estimate of drug-likeness (QED) is 0.0157. The highest BCUT2D eigenvalue weighted by Gasteiger charge is 2.19. The fraction of sp³-hybridized carbons (Fsp3) is 0.243. The van der Waals surface area contributed by atoms with Gasteiger partial charge in [0.25, 0.3) is 0 Å². The van der Waals surface area contributed by atoms with Crippen molar-refractivity contribution in [1.82, 2.24) is 9.13 Å². The van der Waals surface area contributed by atoms with Crippen LogP contribution in [0.3, 0.4) is 0 Å². The average Bonchev–Trinajstić information content (AvgIpc) is 1.68. The van der Waals surface area contributed by atoms with Crippen molar-refractivity contribution in [3.8, 4) is 79.1 Å². The molecule has 0 aliphatic rings. The van der Waals surface area contributed by atoms with Gasteiger partial charge in [-0.15, -0.1) is 0 Å². The van der Waals surface area contributed by atoms with Crippen LogP contribution in [0.2, 0.25) is 0 Å². The van der Waals surface area contributed by atoms with Gasteiger partial charge in [0.2, 0.25) is 0 Å². The molecule has 0 spiro atoms. The Morgan fingerprint density at radius 1 is 0.312 bits per heavy atom. The van der Waals surface area contributed by atoms with E-state index in [1.165, 1.54) is 38.5 Å². The number of nitrogens with zero attached hydrogens (tertiary/aromatic N) is 2. The summed E-state index contributed by atoms with van der Waals surface area (Å²) in [5.41, 5.74) is 13.8. The molecule has 0 radical (unpaired) electrons. The number of halogens is 2. The van der Waals surface area contributed by atoms with E-state index in [2.05, 4.69) is 21.3 Å². The van der Waals surface area contributed by atoms with E-state index >= 15 is 0 Å². The smallest absolute Gasteiger partial charge is 0.123 e. The highest BCUT2D eigenvalue weighted by molar-refractivity contribution is 7.94. The van der Waals surface area contributed by atoms with Crippen molar-refractivity contribution in [3.63, 3.8) is 0 Å². The van der Waals surface area contributed by atoms with E-state index in [1.807, 2.05) is 159 Å². The van der Waals surface area contributed by atoms with Gasteiger partial charge in [0.1, 0.15) is 61.1 Å². The zero-order valence-corrected chi connectivity index (χ0v) is 53.9. The third kappa shape index (κ3) is 19.9. The van der Waals surface area contributed by atoms with Crippen LogP contribution in [0, 0.1) is 25.5 Å². The predicted molar refractivity (Wildman–Crippen MR) is 357 cm³/mol. The standard InChI is InChI=1S/C74H74F2N2O13S2/c1-53-61(49-73(77(53)65-21-17-63(75)18-22-65)59-13-33-71(34-14-59)92-90-79-3)51-88-69-29-9-57(10-30-69)55-5-25-67(26-6-55)86-47-45-84-43-41-82-39-37-81-38-40-83-42-44-85-46-48-87-68-27-7-56(8-28-68)58-11-31-70(32-12-58)89-52-62-50-74(60-15-35-72(36-16-60)93-91-80-4)78(54(62)2)66-23-19-64(76)20-24-66/h5-36,49-50H,37-48,51-52H2,1-4H3. The van der Waals surface area contributed by atoms with Crippen LogP contribution in [0.4, 0.5) is 8.78 Å². The molecule has 93 heavy (non-hydrogen) atoms. The summed E-state index contributed by atoms with van der Waals surface area (Å²) < 4.78 is 94.9. The highest BCUT2D eigenvalue weighted by atomic mass is 32.2. The monoisotopic (exact) mass is 1300 g/mol. The Morgan fingerprint density at radius 2 is 0.581 bits per heavy atom. The van der Waals surface area contributed by atoms with Gasteiger partial charge in [0.05, 0.1) is 116 Å². The molecule has 15 nitrogen and oxygen atoms in total. The van der Waals surface area contributed by atoms with Crippen LogP contribution in [0.5, 0.6) is 23.0 Å². The number of rotatable bonds is 38. The number of ether oxygens (including phenoxy) is 9. The highest BCUT2D eigenvalue weighted by Crippen LogP contribution is 2.35. The van der Waals surface area contributed by atoms with Crippen molar-refractivity contribution < 1.29 is 69.9 Å². The summed E-state index contributed by atoms with van der Waals surface area (Å²) >= 11 is 2.27. The lowest BCUT2D eigenvalue weighted by molar-refractivity contribution is -0.160. The van der Waals surface area contributed by atoms with Gasteiger partial charge in [-0.3, -0.25) is 0 Å². The van der Waals surface area contributed by atoms with Crippen LogP contribution in [-0.4, -0.2) is 103 Å². The summed E-state index contributed by atoms with van der Waals surface area (Å²) in [5, 5.41) is 0. The van der Waals surface area contributed by atoms with Crippen LogP contribution in [-0.2, 0) is 55.3 Å². The summed E-state index contributed by atoms with van der Waals surface area (Å²) in [6, 6.07) is 65.1. The van der Waals surface area contributed by atoms with Gasteiger partial charge in [0, 0.05) is 43.7 Å². The molecule has 0 bridgehead atoms. The molecule has 2 heterocycles. The van der Waals surface area contributed by atoms with Gasteiger partial charge in [-0.05, 0) is 181 Å². The van der Waals surface area contributed by atoms with Gasteiger partial charge < -0.3 is 51.8 Å². The Kier molecular flexibility index (Phi) is 25.9. The zero-order chi connectivity index (χ0) is 64.4. The Labute approximate surface area is 550 Å². The van der Waals surface area contributed by atoms with Crippen LogP contribution in [0.25, 0.3) is 56.1 Å². The van der Waals surface area contributed by atoms with Crippen molar-refractivity contribution in [3.05, 3.63) is 240 Å². The van der Waals surface area contributed by atoms with Crippen LogP contribution in [0.15, 0.2) is 216 Å². The largest absolute Gasteiger partial charge is 0.491 e. The molecular weight excluding hydrogens is 1230 g/mol. The summed E-state index contributed by atoms with van der Waals surface area (Å²) in [4.78, 5) is 11.2. The molecule has 0 aliphatic carbocycles. The second-order valence-electron chi connectivity index (χ2n) is 21.0. The molecule has 484 valence electrons. The maximum Gasteiger partial charge on any atom is 0.123 e. The lowest BCUT2D eigenvalue weighted by Gasteiger charge is -2.13. The molecular formula is C74H74F2N2O13S2. The number of aromatic nitrogens is 2. The average molecular weight is 1300 g/mol. The van der Waals surface area contributed by atoms with Crippen LogP contribution >= 0.6 is 24.1 Å². The number of hydrogen-bond acceptors (Lipinski definition) is 15. The second kappa shape index (κ2) is 35.7. The van der Waals surface area contributed by atoms with Crippen molar-refractivity contribution in [2.45, 2.75) is 36.9 Å².